The second-order valence-electron chi connectivity index (χ2n) is 3.37. The van der Waals surface area contributed by atoms with Crippen molar-refractivity contribution in [2.24, 2.45) is 0 Å². The highest BCUT2D eigenvalue weighted by Crippen LogP contribution is 2.21. The molecule has 0 unspecified atom stereocenters. The molecule has 0 fully saturated rings. The summed E-state index contributed by atoms with van der Waals surface area (Å²) in [5.74, 6) is 0.141. The van der Waals surface area contributed by atoms with E-state index in [1.807, 2.05) is 6.92 Å². The minimum absolute atomic E-state index is 0.141. The van der Waals surface area contributed by atoms with Gasteiger partial charge in [-0.05, 0) is 6.92 Å². The molecule has 16 heavy (non-hydrogen) atoms. The van der Waals surface area contributed by atoms with E-state index < -0.39 is 4.92 Å². The topological polar surface area (TPSA) is 91.3 Å². The number of hydrogen-bond donors (Lipinski definition) is 1. The summed E-state index contributed by atoms with van der Waals surface area (Å²) in [6.45, 7) is 6.05. The van der Waals surface area contributed by atoms with Crippen LogP contribution < -0.4 is 10.5 Å². The molecule has 2 N–H and O–H groups in total. The van der Waals surface area contributed by atoms with E-state index >= 15 is 0 Å². The van der Waals surface area contributed by atoms with Crippen molar-refractivity contribution in [1.29, 1.82) is 0 Å². The number of anilines is 1. The van der Waals surface area contributed by atoms with Gasteiger partial charge in [0.05, 0.1) is 11.5 Å². The number of nitrogen functional groups attached to an aromatic ring is 1. The van der Waals surface area contributed by atoms with Crippen LogP contribution in [0.5, 0.6) is 5.88 Å². The van der Waals surface area contributed by atoms with E-state index in [2.05, 4.69) is 11.6 Å². The van der Waals surface area contributed by atoms with E-state index in [1.54, 1.807) is 0 Å². The molecule has 6 nitrogen and oxygen atoms in total. The third kappa shape index (κ3) is 3.23. The summed E-state index contributed by atoms with van der Waals surface area (Å²) in [5, 5.41) is 10.5. The molecule has 1 heterocycles. The van der Waals surface area contributed by atoms with Crippen molar-refractivity contribution in [2.75, 3.05) is 12.3 Å². The van der Waals surface area contributed by atoms with Gasteiger partial charge in [-0.25, -0.2) is 0 Å². The molecule has 0 aliphatic carbocycles. The zero-order valence-corrected chi connectivity index (χ0v) is 8.97. The maximum Gasteiger partial charge on any atom is 0.311 e. The number of rotatable bonds is 5. The molecule has 1 aromatic rings. The average Bonchev–Trinajstić information content (AvgIpc) is 2.16. The molecular formula is C10H13N3O3. The van der Waals surface area contributed by atoms with Gasteiger partial charge in [-0.2, -0.15) is 4.98 Å². The van der Waals surface area contributed by atoms with Crippen LogP contribution in [-0.4, -0.2) is 16.5 Å². The molecule has 0 bridgehead atoms. The van der Waals surface area contributed by atoms with E-state index in [-0.39, 0.29) is 17.4 Å². The van der Waals surface area contributed by atoms with Crippen molar-refractivity contribution < 1.29 is 9.66 Å². The summed E-state index contributed by atoms with van der Waals surface area (Å²) < 4.78 is 5.26. The molecule has 0 radical (unpaired) electrons. The van der Waals surface area contributed by atoms with Gasteiger partial charge in [0.2, 0.25) is 11.7 Å². The molecule has 6 heteroatoms. The van der Waals surface area contributed by atoms with E-state index in [4.69, 9.17) is 10.5 Å². The van der Waals surface area contributed by atoms with Crippen LogP contribution in [0.25, 0.3) is 0 Å². The molecule has 0 atom stereocenters. The van der Waals surface area contributed by atoms with E-state index in [9.17, 15) is 10.1 Å². The first-order valence-corrected chi connectivity index (χ1v) is 4.69. The predicted molar refractivity (Wildman–Crippen MR) is 60.2 cm³/mol. The second-order valence-corrected chi connectivity index (χ2v) is 3.37. The monoisotopic (exact) mass is 223 g/mol. The van der Waals surface area contributed by atoms with Crippen molar-refractivity contribution in [3.05, 3.63) is 34.4 Å². The Morgan fingerprint density at radius 1 is 1.69 bits per heavy atom. The van der Waals surface area contributed by atoms with Gasteiger partial charge < -0.3 is 10.5 Å². The minimum atomic E-state index is -0.583. The van der Waals surface area contributed by atoms with Crippen molar-refractivity contribution in [3.63, 3.8) is 0 Å². The molecule has 0 amide bonds. The Hall–Kier alpha value is -2.11. The number of nitrogens with zero attached hydrogens (tertiary/aromatic N) is 2. The van der Waals surface area contributed by atoms with Gasteiger partial charge >= 0.3 is 5.69 Å². The molecule has 0 aliphatic heterocycles. The smallest absolute Gasteiger partial charge is 0.311 e. The van der Waals surface area contributed by atoms with Gasteiger partial charge in [0.25, 0.3) is 0 Å². The predicted octanol–water partition coefficient (Wildman–Crippen LogP) is 1.92. The number of nitrogens with two attached hydrogens (primary N) is 1. The fourth-order valence-corrected chi connectivity index (χ4v) is 1.01. The quantitative estimate of drug-likeness (QED) is 0.467. The van der Waals surface area contributed by atoms with E-state index in [1.165, 1.54) is 12.1 Å². The van der Waals surface area contributed by atoms with Crippen LogP contribution in [0.4, 0.5) is 11.5 Å². The zero-order valence-electron chi connectivity index (χ0n) is 8.97. The maximum atomic E-state index is 10.5. The van der Waals surface area contributed by atoms with Gasteiger partial charge in [0, 0.05) is 18.6 Å². The van der Waals surface area contributed by atoms with Crippen LogP contribution in [0.2, 0.25) is 0 Å². The minimum Gasteiger partial charge on any atom is -0.477 e. The summed E-state index contributed by atoms with van der Waals surface area (Å²) in [4.78, 5) is 13.7. The average molecular weight is 223 g/mol. The number of pyridine rings is 1. The summed E-state index contributed by atoms with van der Waals surface area (Å²) in [6, 6.07) is 2.70. The molecule has 86 valence electrons. The molecule has 0 aliphatic rings. The second kappa shape index (κ2) is 5.11. The number of nitro groups is 1. The van der Waals surface area contributed by atoms with Crippen molar-refractivity contribution in [3.8, 4) is 5.88 Å². The molecule has 1 rings (SSSR count). The Kier molecular flexibility index (Phi) is 3.82. The van der Waals surface area contributed by atoms with Crippen LogP contribution in [-0.2, 0) is 0 Å². The molecule has 1 aromatic heterocycles. The lowest BCUT2D eigenvalue weighted by atomic mass is 10.3. The number of aromatic nitrogens is 1. The third-order valence-corrected chi connectivity index (χ3v) is 1.85. The van der Waals surface area contributed by atoms with Gasteiger partial charge in [0.1, 0.15) is 0 Å². The highest BCUT2D eigenvalue weighted by Gasteiger charge is 2.13. The fourth-order valence-electron chi connectivity index (χ4n) is 1.01. The van der Waals surface area contributed by atoms with Crippen molar-refractivity contribution >= 4 is 11.5 Å². The van der Waals surface area contributed by atoms with Crippen molar-refractivity contribution in [2.45, 2.75) is 13.3 Å². The highest BCUT2D eigenvalue weighted by molar-refractivity contribution is 5.53. The van der Waals surface area contributed by atoms with Crippen LogP contribution in [0.1, 0.15) is 13.3 Å². The van der Waals surface area contributed by atoms with E-state index in [0.29, 0.717) is 13.0 Å². The first kappa shape index (κ1) is 12.0. The van der Waals surface area contributed by atoms with Gasteiger partial charge in [-0.1, -0.05) is 5.57 Å². The standard InChI is InChI=1S/C10H13N3O3/c1-7(2)5-6-16-9-4-3-8(13(14)15)10(11)12-9/h3-4H,1,5-6H2,2H3,(H2,11,12). The first-order valence-electron chi connectivity index (χ1n) is 4.69. The number of hydrogen-bond acceptors (Lipinski definition) is 5. The largest absolute Gasteiger partial charge is 0.477 e. The summed E-state index contributed by atoms with van der Waals surface area (Å²) >= 11 is 0. The molecule has 0 saturated carbocycles. The van der Waals surface area contributed by atoms with Crippen LogP contribution in [0.3, 0.4) is 0 Å². The van der Waals surface area contributed by atoms with Gasteiger partial charge in [-0.3, -0.25) is 10.1 Å². The Labute approximate surface area is 92.9 Å². The van der Waals surface area contributed by atoms with Crippen molar-refractivity contribution in [1.82, 2.24) is 4.98 Å². The zero-order chi connectivity index (χ0) is 12.1. The van der Waals surface area contributed by atoms with Gasteiger partial charge in [0.15, 0.2) is 0 Å². The molecule has 0 aromatic carbocycles. The molecular weight excluding hydrogens is 210 g/mol. The van der Waals surface area contributed by atoms with Crippen LogP contribution >= 0.6 is 0 Å². The Bertz CT molecular complexity index is 418. The third-order valence-electron chi connectivity index (χ3n) is 1.85. The van der Waals surface area contributed by atoms with E-state index in [0.717, 1.165) is 5.57 Å². The van der Waals surface area contributed by atoms with Crippen LogP contribution in [0, 0.1) is 10.1 Å². The Morgan fingerprint density at radius 2 is 2.38 bits per heavy atom. The molecule has 0 spiro atoms. The highest BCUT2D eigenvalue weighted by atomic mass is 16.6. The maximum absolute atomic E-state index is 10.5. The lowest BCUT2D eigenvalue weighted by Crippen LogP contribution is -2.03. The fraction of sp³-hybridized carbons (Fsp3) is 0.300. The molecule has 0 saturated heterocycles. The Morgan fingerprint density at radius 3 is 2.88 bits per heavy atom. The van der Waals surface area contributed by atoms with Crippen LogP contribution in [0.15, 0.2) is 24.3 Å². The SMILES string of the molecule is C=C(C)CCOc1ccc([N+](=O)[O-])c(N)n1. The summed E-state index contributed by atoms with van der Waals surface area (Å²) in [5.41, 5.74) is 6.18. The first-order chi connectivity index (χ1) is 7.50. The Balaban J connectivity index is 2.66. The number of ether oxygens (including phenoxy) is 1. The lowest BCUT2D eigenvalue weighted by molar-refractivity contribution is -0.384. The normalized spacial score (nSPS) is 9.81. The summed E-state index contributed by atoms with van der Waals surface area (Å²) in [7, 11) is 0. The summed E-state index contributed by atoms with van der Waals surface area (Å²) in [6.07, 6.45) is 0.707. The van der Waals surface area contributed by atoms with Gasteiger partial charge in [-0.15, -0.1) is 6.58 Å². The lowest BCUT2D eigenvalue weighted by Gasteiger charge is -2.05.